The first kappa shape index (κ1) is 19.5. The maximum absolute atomic E-state index is 12.9. The molecular formula is C24H28O3. The van der Waals surface area contributed by atoms with Crippen LogP contribution in [-0.4, -0.2) is 19.5 Å². The number of rotatable bonds is 8. The molecule has 0 fully saturated rings. The molecule has 0 saturated carbocycles. The third kappa shape index (κ3) is 4.37. The van der Waals surface area contributed by atoms with Gasteiger partial charge >= 0.3 is 0 Å². The largest absolute Gasteiger partial charge is 0.352 e. The Kier molecular flexibility index (Phi) is 6.59. The van der Waals surface area contributed by atoms with E-state index < -0.39 is 0 Å². The molecule has 3 rings (SSSR count). The normalized spacial score (nSPS) is 12.7. The molecule has 0 N–H and O–H groups in total. The molecule has 0 saturated heterocycles. The van der Waals surface area contributed by atoms with E-state index in [1.54, 1.807) is 0 Å². The first-order valence-electron chi connectivity index (χ1n) is 9.84. The molecular weight excluding hydrogens is 336 g/mol. The van der Waals surface area contributed by atoms with E-state index in [9.17, 15) is 4.79 Å². The van der Waals surface area contributed by atoms with Gasteiger partial charge in [-0.3, -0.25) is 4.79 Å². The minimum atomic E-state index is -0.273. The van der Waals surface area contributed by atoms with E-state index in [2.05, 4.69) is 26.8 Å². The van der Waals surface area contributed by atoms with Crippen LogP contribution in [0.2, 0.25) is 0 Å². The van der Waals surface area contributed by atoms with Gasteiger partial charge in [0.05, 0.1) is 0 Å². The molecule has 0 radical (unpaired) electrons. The van der Waals surface area contributed by atoms with E-state index in [1.165, 1.54) is 0 Å². The topological polar surface area (TPSA) is 35.5 Å². The summed E-state index contributed by atoms with van der Waals surface area (Å²) >= 11 is 0. The van der Waals surface area contributed by atoms with Gasteiger partial charge in [-0.2, -0.15) is 0 Å². The highest BCUT2D eigenvalue weighted by Crippen LogP contribution is 2.26. The van der Waals surface area contributed by atoms with Crippen LogP contribution in [-0.2, 0) is 9.47 Å². The zero-order valence-corrected chi connectivity index (χ0v) is 16.4. The van der Waals surface area contributed by atoms with Gasteiger partial charge in [0.15, 0.2) is 11.7 Å². The first-order valence-corrected chi connectivity index (χ1v) is 9.84. The third-order valence-electron chi connectivity index (χ3n) is 4.87. The average molecular weight is 364 g/mol. The third-order valence-corrected chi connectivity index (χ3v) is 4.87. The molecule has 0 heterocycles. The Hall–Kier alpha value is -2.23. The van der Waals surface area contributed by atoms with Crippen LogP contribution in [0.4, 0.5) is 0 Å². The van der Waals surface area contributed by atoms with Crippen LogP contribution < -0.4 is 5.43 Å². The van der Waals surface area contributed by atoms with Crippen LogP contribution in [0, 0.1) is 0 Å². The number of fused-ring (bicyclic) bond motifs is 2. The van der Waals surface area contributed by atoms with Crippen molar-refractivity contribution in [2.24, 2.45) is 0 Å². The maximum atomic E-state index is 12.9. The summed E-state index contributed by atoms with van der Waals surface area (Å²) in [7, 11) is 0. The van der Waals surface area contributed by atoms with E-state index in [0.29, 0.717) is 13.2 Å². The molecule has 3 aromatic carbocycles. The highest BCUT2D eigenvalue weighted by molar-refractivity contribution is 5.93. The van der Waals surface area contributed by atoms with Crippen molar-refractivity contribution in [2.75, 3.05) is 13.2 Å². The molecule has 0 bridgehead atoms. The summed E-state index contributed by atoms with van der Waals surface area (Å²) in [6.45, 7) is 7.67. The fraction of sp³-hybridized carbons (Fsp3) is 0.375. The lowest BCUT2D eigenvalue weighted by Crippen LogP contribution is -2.25. The number of hydrogen-bond donors (Lipinski definition) is 0. The Labute approximate surface area is 160 Å². The quantitative estimate of drug-likeness (QED) is 0.486. The summed E-state index contributed by atoms with van der Waals surface area (Å²) in [5.74, 6) is 0.0857. The molecule has 0 aliphatic heterocycles. The molecule has 3 aromatic rings. The van der Waals surface area contributed by atoms with Crippen molar-refractivity contribution >= 4 is 21.5 Å². The molecule has 0 aliphatic rings. The van der Waals surface area contributed by atoms with Crippen molar-refractivity contribution in [1.29, 1.82) is 0 Å². The van der Waals surface area contributed by atoms with Gasteiger partial charge in [0.25, 0.3) is 0 Å². The fourth-order valence-corrected chi connectivity index (χ4v) is 3.34. The average Bonchev–Trinajstić information content (AvgIpc) is 2.84. The molecule has 0 aliphatic carbocycles. The van der Waals surface area contributed by atoms with Crippen LogP contribution >= 0.6 is 0 Å². The molecule has 142 valence electrons. The number of benzene rings is 2. The van der Waals surface area contributed by atoms with Gasteiger partial charge in [-0.05, 0) is 29.2 Å². The Morgan fingerprint density at radius 3 is 2.15 bits per heavy atom. The number of ether oxygens (including phenoxy) is 2. The van der Waals surface area contributed by atoms with Gasteiger partial charge in [0.1, 0.15) is 0 Å². The van der Waals surface area contributed by atoms with Gasteiger partial charge in [0, 0.05) is 29.9 Å². The van der Waals surface area contributed by atoms with Crippen molar-refractivity contribution in [3.63, 3.8) is 0 Å². The summed E-state index contributed by atoms with van der Waals surface area (Å²) in [4.78, 5) is 12.9. The molecule has 0 spiro atoms. The van der Waals surface area contributed by atoms with E-state index in [-0.39, 0.29) is 17.6 Å². The van der Waals surface area contributed by atoms with Crippen LogP contribution in [0.5, 0.6) is 0 Å². The van der Waals surface area contributed by atoms with Gasteiger partial charge < -0.3 is 9.47 Å². The highest BCUT2D eigenvalue weighted by Gasteiger charge is 2.20. The van der Waals surface area contributed by atoms with Crippen molar-refractivity contribution in [1.82, 2.24) is 0 Å². The molecule has 1 atom stereocenters. The molecule has 0 amide bonds. The molecule has 3 heteroatoms. The Bertz CT molecular complexity index is 956. The second kappa shape index (κ2) is 9.12. The lowest BCUT2D eigenvalue weighted by atomic mass is 9.97. The van der Waals surface area contributed by atoms with E-state index in [4.69, 9.17) is 9.47 Å². The predicted octanol–water partition coefficient (Wildman–Crippen LogP) is 5.64. The second-order valence-electron chi connectivity index (χ2n) is 7.00. The van der Waals surface area contributed by atoms with Crippen molar-refractivity contribution in [2.45, 2.75) is 45.8 Å². The SMILES string of the molecule is CCCOC(OCCC)C(C)c1ccc2c(=O)c3ccccc3ccc2c1. The van der Waals surface area contributed by atoms with Crippen molar-refractivity contribution in [3.8, 4) is 0 Å². The van der Waals surface area contributed by atoms with Gasteiger partial charge in [0.2, 0.25) is 0 Å². The van der Waals surface area contributed by atoms with Crippen LogP contribution in [0.25, 0.3) is 21.5 Å². The summed E-state index contributed by atoms with van der Waals surface area (Å²) in [5, 5.41) is 3.41. The minimum absolute atomic E-state index is 0.0748. The molecule has 27 heavy (non-hydrogen) atoms. The van der Waals surface area contributed by atoms with Crippen molar-refractivity contribution < 1.29 is 9.47 Å². The lowest BCUT2D eigenvalue weighted by molar-refractivity contribution is -0.153. The highest BCUT2D eigenvalue weighted by atomic mass is 16.7. The van der Waals surface area contributed by atoms with Crippen LogP contribution in [0.15, 0.2) is 59.4 Å². The molecule has 1 unspecified atom stereocenters. The first-order chi connectivity index (χ1) is 13.2. The molecule has 0 aromatic heterocycles. The minimum Gasteiger partial charge on any atom is -0.352 e. The van der Waals surface area contributed by atoms with Gasteiger partial charge in [-0.1, -0.05) is 75.4 Å². The lowest BCUT2D eigenvalue weighted by Gasteiger charge is -2.25. The second-order valence-corrected chi connectivity index (χ2v) is 7.00. The summed E-state index contributed by atoms with van der Waals surface area (Å²) in [5.41, 5.74) is 1.19. The Morgan fingerprint density at radius 2 is 1.44 bits per heavy atom. The summed E-state index contributed by atoms with van der Waals surface area (Å²) < 4.78 is 11.9. The maximum Gasteiger partial charge on any atom is 0.194 e. The van der Waals surface area contributed by atoms with Gasteiger partial charge in [-0.25, -0.2) is 0 Å². The fourth-order valence-electron chi connectivity index (χ4n) is 3.34. The van der Waals surface area contributed by atoms with E-state index >= 15 is 0 Å². The number of hydrogen-bond acceptors (Lipinski definition) is 3. The Morgan fingerprint density at radius 1 is 0.815 bits per heavy atom. The predicted molar refractivity (Wildman–Crippen MR) is 112 cm³/mol. The smallest absolute Gasteiger partial charge is 0.194 e. The zero-order chi connectivity index (χ0) is 19.2. The van der Waals surface area contributed by atoms with Gasteiger partial charge in [-0.15, -0.1) is 0 Å². The summed E-state index contributed by atoms with van der Waals surface area (Å²) in [6.07, 6.45) is 1.64. The van der Waals surface area contributed by atoms with Crippen LogP contribution in [0.1, 0.15) is 45.1 Å². The monoisotopic (exact) mass is 364 g/mol. The van der Waals surface area contributed by atoms with E-state index in [0.717, 1.165) is 39.9 Å². The summed E-state index contributed by atoms with van der Waals surface area (Å²) in [6, 6.07) is 17.8. The van der Waals surface area contributed by atoms with E-state index in [1.807, 2.05) is 48.5 Å². The standard InChI is InChI=1S/C24H28O3/c1-4-14-26-24(27-15-5-2)17(3)19-12-13-22-20(16-19)11-10-18-8-6-7-9-21(18)23(22)25/h6-13,16-17,24H,4-5,14-15H2,1-3H3. The Balaban J connectivity index is 2.02. The van der Waals surface area contributed by atoms with Crippen molar-refractivity contribution in [3.05, 3.63) is 70.4 Å². The zero-order valence-electron chi connectivity index (χ0n) is 16.4. The molecule has 3 nitrogen and oxygen atoms in total. The van der Waals surface area contributed by atoms with Crippen LogP contribution in [0.3, 0.4) is 0 Å².